The zero-order chi connectivity index (χ0) is 25.3. The van der Waals surface area contributed by atoms with Crippen LogP contribution in [-0.4, -0.2) is 45.7 Å². The molecule has 0 spiro atoms. The monoisotopic (exact) mass is 479 g/mol. The summed E-state index contributed by atoms with van der Waals surface area (Å²) in [5, 5.41) is 24.5. The van der Waals surface area contributed by atoms with Gasteiger partial charge in [-0.1, -0.05) is 12.1 Å². The van der Waals surface area contributed by atoms with Gasteiger partial charge in [0.15, 0.2) is 11.5 Å². The molecule has 180 valence electrons. The van der Waals surface area contributed by atoms with Crippen LogP contribution in [0.4, 0.5) is 4.39 Å². The van der Waals surface area contributed by atoms with Crippen LogP contribution in [-0.2, 0) is 17.8 Å². The summed E-state index contributed by atoms with van der Waals surface area (Å²) in [7, 11) is 1.43. The van der Waals surface area contributed by atoms with E-state index in [1.165, 1.54) is 36.9 Å². The highest BCUT2D eigenvalue weighted by molar-refractivity contribution is 6.03. The topological polar surface area (TPSA) is 146 Å². The van der Waals surface area contributed by atoms with E-state index < -0.39 is 40.1 Å². The number of nitrogens with one attached hydrogen (secondary N) is 2. The van der Waals surface area contributed by atoms with Gasteiger partial charge in [-0.05, 0) is 24.6 Å². The summed E-state index contributed by atoms with van der Waals surface area (Å²) in [6.07, 6.45) is 1.68. The zero-order valence-corrected chi connectivity index (χ0v) is 19.0. The normalized spacial score (nSPS) is 16.3. The molecule has 10 nitrogen and oxygen atoms in total. The van der Waals surface area contributed by atoms with Crippen molar-refractivity contribution in [3.05, 3.63) is 63.3 Å². The molecule has 2 amide bonds. The lowest BCUT2D eigenvalue weighted by atomic mass is 9.98. The third-order valence-corrected chi connectivity index (χ3v) is 5.82. The number of carbonyl (C=O) groups excluding carboxylic acids is 2. The molecule has 0 unspecified atom stereocenters. The molecule has 1 atom stereocenters. The molecule has 3 aromatic rings. The molecule has 3 heterocycles. The number of benzene rings is 1. The molecule has 4 rings (SSSR count). The van der Waals surface area contributed by atoms with Gasteiger partial charge in [0, 0.05) is 31.8 Å². The van der Waals surface area contributed by atoms with E-state index in [2.05, 4.69) is 15.6 Å². The largest absolute Gasteiger partial charge is 0.505 e. The number of carbonyl (C=O) groups is 2. The number of rotatable bonds is 6. The Balaban J connectivity index is 1.93. The number of nitriles is 1. The first kappa shape index (κ1) is 23.7. The number of halogens is 1. The smallest absolute Gasteiger partial charge is 0.268 e. The molecule has 35 heavy (non-hydrogen) atoms. The Hall–Kier alpha value is -4.46. The summed E-state index contributed by atoms with van der Waals surface area (Å²) in [6.45, 7) is 1.25. The van der Waals surface area contributed by atoms with Crippen LogP contribution in [0.1, 0.15) is 34.8 Å². The van der Waals surface area contributed by atoms with Crippen LogP contribution in [0, 0.1) is 17.1 Å². The van der Waals surface area contributed by atoms with E-state index in [0.29, 0.717) is 5.56 Å². The lowest BCUT2D eigenvalue weighted by Gasteiger charge is -2.36. The number of aromatic nitrogens is 2. The van der Waals surface area contributed by atoms with E-state index in [0.717, 1.165) is 5.56 Å². The molecule has 0 saturated heterocycles. The minimum absolute atomic E-state index is 0.0133. The van der Waals surface area contributed by atoms with Crippen molar-refractivity contribution in [1.29, 1.82) is 5.26 Å². The van der Waals surface area contributed by atoms with Gasteiger partial charge in [0.05, 0.1) is 19.0 Å². The highest BCUT2D eigenvalue weighted by atomic mass is 19.1. The van der Waals surface area contributed by atoms with Crippen molar-refractivity contribution in [1.82, 2.24) is 20.2 Å². The summed E-state index contributed by atoms with van der Waals surface area (Å²) >= 11 is 0. The molecule has 0 bridgehead atoms. The van der Waals surface area contributed by atoms with Crippen LogP contribution in [0.25, 0.3) is 11.0 Å². The molecule has 0 saturated carbocycles. The number of hydrogen-bond donors (Lipinski definition) is 3. The second kappa shape index (κ2) is 9.06. The Bertz CT molecular complexity index is 1440. The highest BCUT2D eigenvalue weighted by Crippen LogP contribution is 2.40. The van der Waals surface area contributed by atoms with Crippen LogP contribution in [0.3, 0.4) is 0 Å². The Morgan fingerprint density at radius 1 is 1.34 bits per heavy atom. The van der Waals surface area contributed by atoms with Gasteiger partial charge >= 0.3 is 0 Å². The first-order valence-electron chi connectivity index (χ1n) is 10.8. The molecule has 3 N–H and O–H groups in total. The molecule has 0 fully saturated rings. The third kappa shape index (κ3) is 4.14. The van der Waals surface area contributed by atoms with Gasteiger partial charge < -0.3 is 20.5 Å². The van der Waals surface area contributed by atoms with E-state index in [4.69, 9.17) is 10.00 Å². The Labute approximate surface area is 199 Å². The average molecular weight is 479 g/mol. The number of nitrogens with zero attached hydrogens (tertiary/aromatic N) is 3. The first-order chi connectivity index (χ1) is 16.7. The van der Waals surface area contributed by atoms with Crippen molar-refractivity contribution in [2.24, 2.45) is 0 Å². The Kier molecular flexibility index (Phi) is 6.13. The van der Waals surface area contributed by atoms with E-state index >= 15 is 0 Å². The van der Waals surface area contributed by atoms with Gasteiger partial charge in [0.2, 0.25) is 5.60 Å². The van der Waals surface area contributed by atoms with Crippen molar-refractivity contribution >= 4 is 22.8 Å². The summed E-state index contributed by atoms with van der Waals surface area (Å²) < 4.78 is 20.7. The summed E-state index contributed by atoms with van der Waals surface area (Å²) in [5.41, 5.74) is -1.56. The zero-order valence-electron chi connectivity index (χ0n) is 19.0. The predicted molar refractivity (Wildman–Crippen MR) is 123 cm³/mol. The minimum Gasteiger partial charge on any atom is -0.505 e. The van der Waals surface area contributed by atoms with Crippen molar-refractivity contribution in [3.8, 4) is 17.6 Å². The fourth-order valence-corrected chi connectivity index (χ4v) is 4.08. The predicted octanol–water partition coefficient (Wildman–Crippen LogP) is 1.37. The van der Waals surface area contributed by atoms with E-state index in [9.17, 15) is 23.9 Å². The number of amides is 2. The van der Waals surface area contributed by atoms with Crippen molar-refractivity contribution in [2.45, 2.75) is 31.9 Å². The second-order valence-corrected chi connectivity index (χ2v) is 8.30. The molecular weight excluding hydrogens is 457 g/mol. The highest BCUT2D eigenvalue weighted by Gasteiger charge is 2.42. The Morgan fingerprint density at radius 3 is 2.71 bits per heavy atom. The van der Waals surface area contributed by atoms with E-state index in [-0.39, 0.29) is 42.7 Å². The summed E-state index contributed by atoms with van der Waals surface area (Å²) in [6, 6.07) is 7.67. The van der Waals surface area contributed by atoms with Gasteiger partial charge in [-0.2, -0.15) is 5.26 Å². The molecular formula is C24H22FN5O5. The number of hydrogen-bond acceptors (Lipinski definition) is 7. The lowest BCUT2D eigenvalue weighted by Crippen LogP contribution is -2.54. The molecule has 0 radical (unpaired) electrons. The molecule has 1 aromatic carbocycles. The maximum atomic E-state index is 13.4. The Morgan fingerprint density at radius 2 is 2.06 bits per heavy atom. The van der Waals surface area contributed by atoms with Crippen LogP contribution >= 0.6 is 0 Å². The standard InChI is InChI=1S/C24H22FN5O5/c1-24(23(34)27-2)12-30-18-17(19(31)16(22(30)33)21(32)28-9-3-8-26)29-11-14(20(18)35-24)10-13-4-6-15(25)7-5-13/h4-7,11,31H,3,9-10,12H2,1-2H3,(H,27,34)(H,28,32)/t24-/m0/s1. The molecule has 2 aromatic heterocycles. The van der Waals surface area contributed by atoms with Crippen molar-refractivity contribution in [3.63, 3.8) is 0 Å². The lowest BCUT2D eigenvalue weighted by molar-refractivity contribution is -0.136. The fraction of sp³-hybridized carbons (Fsp3) is 0.292. The summed E-state index contributed by atoms with van der Waals surface area (Å²) in [4.78, 5) is 43.1. The molecule has 1 aliphatic rings. The number of pyridine rings is 2. The van der Waals surface area contributed by atoms with Gasteiger partial charge in [-0.25, -0.2) is 4.39 Å². The number of likely N-dealkylation sites (N-methyl/N-ethyl adjacent to an activating group) is 1. The summed E-state index contributed by atoms with van der Waals surface area (Å²) in [5.74, 6) is -2.23. The average Bonchev–Trinajstić information content (AvgIpc) is 2.84. The SMILES string of the molecule is CNC(=O)[C@]1(C)Cn2c(=O)c(C(=O)NCCC#N)c(O)c3ncc(Cc4ccc(F)cc4)c(c32)O1. The quantitative estimate of drug-likeness (QED) is 0.453. The van der Waals surface area contributed by atoms with E-state index in [1.54, 1.807) is 12.1 Å². The maximum Gasteiger partial charge on any atom is 0.268 e. The van der Waals surface area contributed by atoms with Gasteiger partial charge in [0.25, 0.3) is 17.4 Å². The first-order valence-corrected chi connectivity index (χ1v) is 10.8. The van der Waals surface area contributed by atoms with Crippen LogP contribution in [0.5, 0.6) is 11.5 Å². The molecule has 1 aliphatic heterocycles. The molecule has 11 heteroatoms. The number of ether oxygens (including phenoxy) is 1. The maximum absolute atomic E-state index is 13.4. The minimum atomic E-state index is -1.51. The van der Waals surface area contributed by atoms with Gasteiger partial charge in [-0.3, -0.25) is 23.9 Å². The fourth-order valence-electron chi connectivity index (χ4n) is 4.08. The van der Waals surface area contributed by atoms with Crippen molar-refractivity contribution in [2.75, 3.05) is 13.6 Å². The third-order valence-electron chi connectivity index (χ3n) is 5.82. The van der Waals surface area contributed by atoms with Gasteiger partial charge in [-0.15, -0.1) is 0 Å². The van der Waals surface area contributed by atoms with Crippen molar-refractivity contribution < 1.29 is 23.8 Å². The van der Waals surface area contributed by atoms with Gasteiger partial charge in [0.1, 0.15) is 22.4 Å². The number of aromatic hydroxyl groups is 1. The molecule has 0 aliphatic carbocycles. The van der Waals surface area contributed by atoms with Crippen LogP contribution < -0.4 is 20.9 Å². The van der Waals surface area contributed by atoms with Crippen LogP contribution in [0.15, 0.2) is 35.3 Å². The second-order valence-electron chi connectivity index (χ2n) is 8.30. The van der Waals surface area contributed by atoms with E-state index in [1.807, 2.05) is 6.07 Å². The van der Waals surface area contributed by atoms with Crippen LogP contribution in [0.2, 0.25) is 0 Å².